The molecule has 6 heteroatoms. The standard InChI is InChI=1S/C12H14F3NO2/c13-12(14,15)4-3-9(16)8-1-2-10-11(7-8)18-6-5-17-10/h1-2,7,9H,3-6,16H2. The summed E-state index contributed by atoms with van der Waals surface area (Å²) in [6, 6.07) is 4.35. The zero-order valence-corrected chi connectivity index (χ0v) is 9.67. The van der Waals surface area contributed by atoms with Gasteiger partial charge in [-0.3, -0.25) is 0 Å². The second-order valence-corrected chi connectivity index (χ2v) is 4.16. The highest BCUT2D eigenvalue weighted by molar-refractivity contribution is 5.44. The first kappa shape index (κ1) is 13.0. The van der Waals surface area contributed by atoms with Gasteiger partial charge in [-0.15, -0.1) is 0 Å². The predicted octanol–water partition coefficient (Wildman–Crippen LogP) is 2.80. The molecular weight excluding hydrogens is 247 g/mol. The fraction of sp³-hybridized carbons (Fsp3) is 0.500. The Morgan fingerprint density at radius 3 is 2.50 bits per heavy atom. The van der Waals surface area contributed by atoms with Crippen molar-refractivity contribution in [2.75, 3.05) is 13.2 Å². The van der Waals surface area contributed by atoms with E-state index in [1.54, 1.807) is 18.2 Å². The molecule has 1 atom stereocenters. The molecule has 0 bridgehead atoms. The number of hydrogen-bond acceptors (Lipinski definition) is 3. The van der Waals surface area contributed by atoms with E-state index in [-0.39, 0.29) is 6.42 Å². The molecule has 1 aromatic rings. The van der Waals surface area contributed by atoms with Gasteiger partial charge in [0.2, 0.25) is 0 Å². The quantitative estimate of drug-likeness (QED) is 0.909. The van der Waals surface area contributed by atoms with Crippen LogP contribution in [0.25, 0.3) is 0 Å². The molecule has 1 unspecified atom stereocenters. The Balaban J connectivity index is 2.04. The van der Waals surface area contributed by atoms with Crippen molar-refractivity contribution in [2.45, 2.75) is 25.1 Å². The first-order valence-corrected chi connectivity index (χ1v) is 5.67. The molecule has 3 nitrogen and oxygen atoms in total. The van der Waals surface area contributed by atoms with Crippen LogP contribution in [0.5, 0.6) is 11.5 Å². The summed E-state index contributed by atoms with van der Waals surface area (Å²) in [5.41, 5.74) is 6.37. The molecule has 0 aliphatic carbocycles. The van der Waals surface area contributed by atoms with Gasteiger partial charge in [0.25, 0.3) is 0 Å². The summed E-state index contributed by atoms with van der Waals surface area (Å²) in [7, 11) is 0. The molecule has 0 spiro atoms. The molecule has 1 aliphatic heterocycles. The lowest BCUT2D eigenvalue weighted by molar-refractivity contribution is -0.136. The smallest absolute Gasteiger partial charge is 0.389 e. The molecule has 18 heavy (non-hydrogen) atoms. The van der Waals surface area contributed by atoms with Gasteiger partial charge in [-0.25, -0.2) is 0 Å². The van der Waals surface area contributed by atoms with Gasteiger partial charge in [0.05, 0.1) is 0 Å². The van der Waals surface area contributed by atoms with E-state index in [1.807, 2.05) is 0 Å². The summed E-state index contributed by atoms with van der Waals surface area (Å²) in [6.45, 7) is 0.917. The summed E-state index contributed by atoms with van der Waals surface area (Å²) in [5.74, 6) is 1.15. The summed E-state index contributed by atoms with van der Waals surface area (Å²) in [6.07, 6.45) is -5.20. The van der Waals surface area contributed by atoms with Crippen molar-refractivity contribution in [3.8, 4) is 11.5 Å². The topological polar surface area (TPSA) is 44.5 Å². The maximum Gasteiger partial charge on any atom is 0.389 e. The second-order valence-electron chi connectivity index (χ2n) is 4.16. The van der Waals surface area contributed by atoms with Gasteiger partial charge in [-0.1, -0.05) is 6.07 Å². The van der Waals surface area contributed by atoms with Crippen LogP contribution < -0.4 is 15.2 Å². The third-order valence-corrected chi connectivity index (χ3v) is 2.73. The summed E-state index contributed by atoms with van der Waals surface area (Å²) < 4.78 is 47.0. The predicted molar refractivity (Wildman–Crippen MR) is 59.6 cm³/mol. The van der Waals surface area contributed by atoms with E-state index < -0.39 is 18.6 Å². The van der Waals surface area contributed by atoms with E-state index in [0.717, 1.165) is 0 Å². The number of alkyl halides is 3. The van der Waals surface area contributed by atoms with Gasteiger partial charge < -0.3 is 15.2 Å². The number of nitrogens with two attached hydrogens (primary N) is 1. The monoisotopic (exact) mass is 261 g/mol. The average molecular weight is 261 g/mol. The van der Waals surface area contributed by atoms with Crippen molar-refractivity contribution >= 4 is 0 Å². The van der Waals surface area contributed by atoms with Crippen LogP contribution in [0.2, 0.25) is 0 Å². The van der Waals surface area contributed by atoms with Crippen molar-refractivity contribution < 1.29 is 22.6 Å². The first-order valence-electron chi connectivity index (χ1n) is 5.67. The van der Waals surface area contributed by atoms with Crippen molar-refractivity contribution in [1.82, 2.24) is 0 Å². The zero-order valence-electron chi connectivity index (χ0n) is 9.67. The fourth-order valence-electron chi connectivity index (χ4n) is 1.78. The Labute approximate surface area is 103 Å². The Morgan fingerprint density at radius 2 is 1.83 bits per heavy atom. The first-order chi connectivity index (χ1) is 8.46. The molecule has 1 aliphatic rings. The van der Waals surface area contributed by atoms with Gasteiger partial charge >= 0.3 is 6.18 Å². The van der Waals surface area contributed by atoms with Crippen LogP contribution in [0.4, 0.5) is 13.2 Å². The van der Waals surface area contributed by atoms with E-state index in [0.29, 0.717) is 30.3 Å². The highest BCUT2D eigenvalue weighted by atomic mass is 19.4. The van der Waals surface area contributed by atoms with Crippen molar-refractivity contribution in [3.05, 3.63) is 23.8 Å². The fourth-order valence-corrected chi connectivity index (χ4v) is 1.78. The zero-order chi connectivity index (χ0) is 13.2. The summed E-state index contributed by atoms with van der Waals surface area (Å²) in [5, 5.41) is 0. The molecule has 0 aromatic heterocycles. The summed E-state index contributed by atoms with van der Waals surface area (Å²) >= 11 is 0. The largest absolute Gasteiger partial charge is 0.486 e. The number of hydrogen-bond donors (Lipinski definition) is 1. The number of rotatable bonds is 3. The molecule has 0 saturated heterocycles. The molecule has 0 radical (unpaired) electrons. The number of fused-ring (bicyclic) bond motifs is 1. The maximum absolute atomic E-state index is 12.1. The second kappa shape index (κ2) is 5.06. The molecule has 1 aromatic carbocycles. The molecule has 0 amide bonds. The van der Waals surface area contributed by atoms with Crippen LogP contribution in [0.1, 0.15) is 24.4 Å². The summed E-state index contributed by atoms with van der Waals surface area (Å²) in [4.78, 5) is 0. The SMILES string of the molecule is NC(CCC(F)(F)F)c1ccc2c(c1)OCCO2. The third kappa shape index (κ3) is 3.29. The lowest BCUT2D eigenvalue weighted by Gasteiger charge is -2.20. The van der Waals surface area contributed by atoms with E-state index in [9.17, 15) is 13.2 Å². The highest BCUT2D eigenvalue weighted by Gasteiger charge is 2.28. The maximum atomic E-state index is 12.1. The molecular formula is C12H14F3NO2. The van der Waals surface area contributed by atoms with Crippen molar-refractivity contribution in [1.29, 1.82) is 0 Å². The van der Waals surface area contributed by atoms with Crippen molar-refractivity contribution in [2.24, 2.45) is 5.73 Å². The van der Waals surface area contributed by atoms with Crippen LogP contribution in [-0.2, 0) is 0 Å². The lowest BCUT2D eigenvalue weighted by atomic mass is 10.0. The Morgan fingerprint density at radius 1 is 1.17 bits per heavy atom. The van der Waals surface area contributed by atoms with E-state index >= 15 is 0 Å². The molecule has 1 heterocycles. The number of halogens is 3. The molecule has 0 fully saturated rings. The molecule has 2 N–H and O–H groups in total. The van der Waals surface area contributed by atoms with Gasteiger partial charge in [0, 0.05) is 12.5 Å². The van der Waals surface area contributed by atoms with Gasteiger partial charge in [0.15, 0.2) is 11.5 Å². The van der Waals surface area contributed by atoms with E-state index in [1.165, 1.54) is 0 Å². The molecule has 100 valence electrons. The lowest BCUT2D eigenvalue weighted by Crippen LogP contribution is -2.18. The van der Waals surface area contributed by atoms with Gasteiger partial charge in [0.1, 0.15) is 13.2 Å². The van der Waals surface area contributed by atoms with Crippen LogP contribution in [0.3, 0.4) is 0 Å². The van der Waals surface area contributed by atoms with E-state index in [4.69, 9.17) is 15.2 Å². The molecule has 0 saturated carbocycles. The Hall–Kier alpha value is -1.43. The van der Waals surface area contributed by atoms with Gasteiger partial charge in [-0.2, -0.15) is 13.2 Å². The normalized spacial score (nSPS) is 16.4. The molecule has 2 rings (SSSR count). The number of ether oxygens (including phenoxy) is 2. The van der Waals surface area contributed by atoms with Crippen LogP contribution in [0, 0.1) is 0 Å². The van der Waals surface area contributed by atoms with E-state index in [2.05, 4.69) is 0 Å². The minimum Gasteiger partial charge on any atom is -0.486 e. The minimum atomic E-state index is -4.18. The number of benzene rings is 1. The minimum absolute atomic E-state index is 0.136. The third-order valence-electron chi connectivity index (χ3n) is 2.73. The Bertz CT molecular complexity index is 420. The highest BCUT2D eigenvalue weighted by Crippen LogP contribution is 2.34. The van der Waals surface area contributed by atoms with Crippen LogP contribution >= 0.6 is 0 Å². The van der Waals surface area contributed by atoms with Crippen LogP contribution in [-0.4, -0.2) is 19.4 Å². The average Bonchev–Trinajstić information content (AvgIpc) is 2.34. The Kier molecular flexibility index (Phi) is 3.65. The van der Waals surface area contributed by atoms with Crippen LogP contribution in [0.15, 0.2) is 18.2 Å². The van der Waals surface area contributed by atoms with Crippen molar-refractivity contribution in [3.63, 3.8) is 0 Å². The van der Waals surface area contributed by atoms with Gasteiger partial charge in [-0.05, 0) is 24.1 Å².